The zero-order valence-corrected chi connectivity index (χ0v) is 9.54. The first kappa shape index (κ1) is 10.1. The Hall–Kier alpha value is -0.0800. The van der Waals surface area contributed by atoms with Crippen LogP contribution in [0.5, 0.6) is 0 Å². The molecule has 2 saturated heterocycles. The predicted molar refractivity (Wildman–Crippen MR) is 58.9 cm³/mol. The first-order valence-corrected chi connectivity index (χ1v) is 6.71. The van der Waals surface area contributed by atoms with Gasteiger partial charge < -0.3 is 9.47 Å². The van der Waals surface area contributed by atoms with Crippen molar-refractivity contribution in [3.05, 3.63) is 0 Å². The maximum absolute atomic E-state index is 6.02. The minimum atomic E-state index is 0.167. The van der Waals surface area contributed by atoms with Crippen LogP contribution in [0.25, 0.3) is 0 Å². The standard InChI is InChI=1S/C13H22O2/c1-3-8-12-13(15-12,9-5-1)11-7-4-2-6-10-14-11/h11-12H,1-10H2. The van der Waals surface area contributed by atoms with Crippen molar-refractivity contribution in [2.75, 3.05) is 6.61 Å². The summed E-state index contributed by atoms with van der Waals surface area (Å²) < 4.78 is 12.0. The molecule has 1 aliphatic carbocycles. The third-order valence-electron chi connectivity index (χ3n) is 4.36. The second kappa shape index (κ2) is 4.06. The summed E-state index contributed by atoms with van der Waals surface area (Å²) in [5.41, 5.74) is 0.167. The lowest BCUT2D eigenvalue weighted by Crippen LogP contribution is -2.34. The van der Waals surface area contributed by atoms with E-state index in [-0.39, 0.29) is 5.60 Å². The fourth-order valence-corrected chi connectivity index (χ4v) is 3.41. The van der Waals surface area contributed by atoms with Crippen molar-refractivity contribution in [1.29, 1.82) is 0 Å². The summed E-state index contributed by atoms with van der Waals surface area (Å²) in [6.45, 7) is 0.961. The number of epoxide rings is 1. The predicted octanol–water partition coefficient (Wildman–Crippen LogP) is 3.05. The largest absolute Gasteiger partial charge is 0.375 e. The van der Waals surface area contributed by atoms with Gasteiger partial charge >= 0.3 is 0 Å². The Morgan fingerprint density at radius 3 is 2.53 bits per heavy atom. The molecule has 3 rings (SSSR count). The lowest BCUT2D eigenvalue weighted by molar-refractivity contribution is -0.00418. The number of hydrogen-bond donors (Lipinski definition) is 0. The molecule has 2 heteroatoms. The van der Waals surface area contributed by atoms with E-state index in [4.69, 9.17) is 9.47 Å². The minimum absolute atomic E-state index is 0.167. The molecule has 0 radical (unpaired) electrons. The maximum atomic E-state index is 6.02. The van der Waals surface area contributed by atoms with E-state index < -0.39 is 0 Å². The molecule has 3 aliphatic rings. The minimum Gasteiger partial charge on any atom is -0.375 e. The fourth-order valence-electron chi connectivity index (χ4n) is 3.41. The van der Waals surface area contributed by atoms with Gasteiger partial charge in [-0.3, -0.25) is 0 Å². The summed E-state index contributed by atoms with van der Waals surface area (Å²) >= 11 is 0. The quantitative estimate of drug-likeness (QED) is 0.620. The van der Waals surface area contributed by atoms with Gasteiger partial charge in [0.15, 0.2) is 0 Å². The molecule has 2 aliphatic heterocycles. The molecule has 1 saturated carbocycles. The Labute approximate surface area is 92.3 Å². The van der Waals surface area contributed by atoms with Crippen LogP contribution in [0, 0.1) is 0 Å². The summed E-state index contributed by atoms with van der Waals surface area (Å²) in [5, 5.41) is 0. The van der Waals surface area contributed by atoms with Crippen LogP contribution in [-0.2, 0) is 9.47 Å². The van der Waals surface area contributed by atoms with E-state index >= 15 is 0 Å². The monoisotopic (exact) mass is 210 g/mol. The molecule has 0 bridgehead atoms. The number of fused-ring (bicyclic) bond motifs is 1. The van der Waals surface area contributed by atoms with Crippen molar-refractivity contribution in [1.82, 2.24) is 0 Å². The van der Waals surface area contributed by atoms with Gasteiger partial charge in [0, 0.05) is 6.61 Å². The van der Waals surface area contributed by atoms with Crippen LogP contribution < -0.4 is 0 Å². The molecule has 3 atom stereocenters. The second-order valence-electron chi connectivity index (χ2n) is 5.37. The van der Waals surface area contributed by atoms with Gasteiger partial charge in [0.05, 0.1) is 12.2 Å². The molecule has 0 N–H and O–H groups in total. The smallest absolute Gasteiger partial charge is 0.121 e. The number of rotatable bonds is 1. The number of hydrogen-bond acceptors (Lipinski definition) is 2. The summed E-state index contributed by atoms with van der Waals surface area (Å²) in [6.07, 6.45) is 12.8. The van der Waals surface area contributed by atoms with Crippen LogP contribution in [-0.4, -0.2) is 24.4 Å². The van der Waals surface area contributed by atoms with Gasteiger partial charge in [0.1, 0.15) is 5.60 Å². The van der Waals surface area contributed by atoms with Crippen LogP contribution in [0.3, 0.4) is 0 Å². The molecule has 0 aromatic rings. The molecule has 2 heterocycles. The van der Waals surface area contributed by atoms with Gasteiger partial charge in [0.2, 0.25) is 0 Å². The van der Waals surface area contributed by atoms with Crippen molar-refractivity contribution >= 4 is 0 Å². The first-order valence-electron chi connectivity index (χ1n) is 6.71. The van der Waals surface area contributed by atoms with Crippen LogP contribution in [0.15, 0.2) is 0 Å². The molecular formula is C13H22O2. The van der Waals surface area contributed by atoms with Crippen LogP contribution in [0.4, 0.5) is 0 Å². The van der Waals surface area contributed by atoms with Gasteiger partial charge in [0.25, 0.3) is 0 Å². The van der Waals surface area contributed by atoms with Crippen molar-refractivity contribution in [3.8, 4) is 0 Å². The van der Waals surface area contributed by atoms with E-state index in [0.717, 1.165) is 6.61 Å². The fraction of sp³-hybridized carbons (Fsp3) is 1.00. The third-order valence-corrected chi connectivity index (χ3v) is 4.36. The normalized spacial score (nSPS) is 46.4. The summed E-state index contributed by atoms with van der Waals surface area (Å²) in [4.78, 5) is 0. The highest BCUT2D eigenvalue weighted by Gasteiger charge is 2.61. The Morgan fingerprint density at radius 2 is 1.60 bits per heavy atom. The van der Waals surface area contributed by atoms with Crippen LogP contribution >= 0.6 is 0 Å². The van der Waals surface area contributed by atoms with E-state index in [0.29, 0.717) is 12.2 Å². The maximum Gasteiger partial charge on any atom is 0.121 e. The Balaban J connectivity index is 1.69. The van der Waals surface area contributed by atoms with E-state index in [1.807, 2.05) is 0 Å². The van der Waals surface area contributed by atoms with Gasteiger partial charge in [-0.1, -0.05) is 32.1 Å². The van der Waals surface area contributed by atoms with E-state index in [2.05, 4.69) is 0 Å². The zero-order chi connectivity index (χ0) is 10.1. The van der Waals surface area contributed by atoms with Gasteiger partial charge in [-0.2, -0.15) is 0 Å². The number of ether oxygens (including phenoxy) is 2. The topological polar surface area (TPSA) is 21.8 Å². The Bertz CT molecular complexity index is 221. The second-order valence-corrected chi connectivity index (χ2v) is 5.37. The molecule has 0 spiro atoms. The molecule has 0 aromatic carbocycles. The lowest BCUT2D eigenvalue weighted by atomic mass is 9.90. The van der Waals surface area contributed by atoms with Crippen molar-refractivity contribution in [2.45, 2.75) is 75.6 Å². The molecule has 86 valence electrons. The molecule has 3 fully saturated rings. The SMILES string of the molecule is C1CCOC(C23CCCCCC2O3)CC1. The van der Waals surface area contributed by atoms with Gasteiger partial charge in [-0.25, -0.2) is 0 Å². The van der Waals surface area contributed by atoms with Crippen molar-refractivity contribution < 1.29 is 9.47 Å². The highest BCUT2D eigenvalue weighted by atomic mass is 16.6. The van der Waals surface area contributed by atoms with Gasteiger partial charge in [-0.05, 0) is 25.7 Å². The average molecular weight is 210 g/mol. The first-order chi connectivity index (χ1) is 7.42. The molecule has 2 nitrogen and oxygen atoms in total. The van der Waals surface area contributed by atoms with Crippen LogP contribution in [0.2, 0.25) is 0 Å². The molecule has 3 unspecified atom stereocenters. The molecule has 0 amide bonds. The highest BCUT2D eigenvalue weighted by Crippen LogP contribution is 2.51. The van der Waals surface area contributed by atoms with E-state index in [1.54, 1.807) is 0 Å². The summed E-state index contributed by atoms with van der Waals surface area (Å²) in [6, 6.07) is 0. The van der Waals surface area contributed by atoms with E-state index in [1.165, 1.54) is 57.8 Å². The Kier molecular flexibility index (Phi) is 2.73. The van der Waals surface area contributed by atoms with Gasteiger partial charge in [-0.15, -0.1) is 0 Å². The van der Waals surface area contributed by atoms with Crippen molar-refractivity contribution in [2.24, 2.45) is 0 Å². The zero-order valence-electron chi connectivity index (χ0n) is 9.54. The lowest BCUT2D eigenvalue weighted by Gasteiger charge is -2.23. The molecular weight excluding hydrogens is 188 g/mol. The molecule has 15 heavy (non-hydrogen) atoms. The Morgan fingerprint density at radius 1 is 0.800 bits per heavy atom. The highest BCUT2D eigenvalue weighted by molar-refractivity contribution is 5.09. The third kappa shape index (κ3) is 1.83. The van der Waals surface area contributed by atoms with Crippen LogP contribution in [0.1, 0.15) is 57.8 Å². The molecule has 0 aromatic heterocycles. The average Bonchev–Trinajstić information content (AvgIpc) is 2.98. The summed E-state index contributed by atoms with van der Waals surface area (Å²) in [7, 11) is 0. The van der Waals surface area contributed by atoms with E-state index in [9.17, 15) is 0 Å². The van der Waals surface area contributed by atoms with Crippen molar-refractivity contribution in [3.63, 3.8) is 0 Å². The summed E-state index contributed by atoms with van der Waals surface area (Å²) in [5.74, 6) is 0.